The molecule has 1 aromatic heterocycles. The molecule has 1 aliphatic rings. The highest BCUT2D eigenvalue weighted by atomic mass is 32.1. The van der Waals surface area contributed by atoms with Gasteiger partial charge in [0.15, 0.2) is 5.11 Å². The lowest BCUT2D eigenvalue weighted by atomic mass is 10.1. The average Bonchev–Trinajstić information content (AvgIpc) is 3.26. The molecule has 2 N–H and O–H groups in total. The topological polar surface area (TPSA) is 27.3 Å². The summed E-state index contributed by atoms with van der Waals surface area (Å²) < 4.78 is 0. The Morgan fingerprint density at radius 2 is 2.00 bits per heavy atom. The van der Waals surface area contributed by atoms with Crippen LogP contribution < -0.4 is 10.6 Å². The van der Waals surface area contributed by atoms with Gasteiger partial charge >= 0.3 is 0 Å². The molecule has 1 atom stereocenters. The van der Waals surface area contributed by atoms with Gasteiger partial charge in [0.25, 0.3) is 0 Å². The fraction of sp³-hybridized carbons (Fsp3) is 0.421. The summed E-state index contributed by atoms with van der Waals surface area (Å²) in [5.74, 6) is 0. The van der Waals surface area contributed by atoms with Gasteiger partial charge in [0.05, 0.1) is 6.04 Å². The first-order valence-corrected chi connectivity index (χ1v) is 9.82. The van der Waals surface area contributed by atoms with Crippen molar-refractivity contribution in [1.29, 1.82) is 0 Å². The second kappa shape index (κ2) is 8.10. The Morgan fingerprint density at radius 1 is 1.21 bits per heavy atom. The van der Waals surface area contributed by atoms with E-state index in [0.29, 0.717) is 11.2 Å². The number of likely N-dealkylation sites (tertiary alicyclic amines) is 1. The summed E-state index contributed by atoms with van der Waals surface area (Å²) in [7, 11) is 0. The fourth-order valence-corrected chi connectivity index (χ4v) is 4.24. The largest absolute Gasteiger partial charge is 0.360 e. The number of hydrogen-bond acceptors (Lipinski definition) is 3. The number of aryl methyl sites for hydroxylation is 1. The third-order valence-electron chi connectivity index (χ3n) is 4.76. The van der Waals surface area contributed by atoms with E-state index < -0.39 is 0 Å². The van der Waals surface area contributed by atoms with E-state index in [1.54, 1.807) is 0 Å². The van der Waals surface area contributed by atoms with Crippen molar-refractivity contribution in [3.63, 3.8) is 0 Å². The summed E-state index contributed by atoms with van der Waals surface area (Å²) in [4.78, 5) is 3.98. The molecule has 0 aliphatic carbocycles. The SMILES string of the molecule is Cc1cccc(NC(=S)NC[C@@H](c2cccs2)N2CCCC2)c1C. The van der Waals surface area contributed by atoms with E-state index in [2.05, 4.69) is 65.1 Å². The van der Waals surface area contributed by atoms with Crippen LogP contribution in [0.25, 0.3) is 0 Å². The van der Waals surface area contributed by atoms with E-state index in [1.165, 1.54) is 41.9 Å². The second-order valence-corrected chi connectivity index (χ2v) is 7.74. The predicted octanol–water partition coefficient (Wildman–Crippen LogP) is 4.49. The lowest BCUT2D eigenvalue weighted by Crippen LogP contribution is -2.38. The Balaban J connectivity index is 1.62. The summed E-state index contributed by atoms with van der Waals surface area (Å²) >= 11 is 7.36. The summed E-state index contributed by atoms with van der Waals surface area (Å²) in [6.07, 6.45) is 2.60. The number of thiocarbonyl (C=S) groups is 1. The molecule has 1 fully saturated rings. The molecule has 128 valence electrons. The van der Waals surface area contributed by atoms with Gasteiger partial charge in [0.1, 0.15) is 0 Å². The zero-order chi connectivity index (χ0) is 16.9. The highest BCUT2D eigenvalue weighted by molar-refractivity contribution is 7.80. The Bertz CT molecular complexity index is 676. The Morgan fingerprint density at radius 3 is 2.71 bits per heavy atom. The second-order valence-electron chi connectivity index (χ2n) is 6.36. The van der Waals surface area contributed by atoms with Gasteiger partial charge in [-0.1, -0.05) is 18.2 Å². The maximum Gasteiger partial charge on any atom is 0.170 e. The van der Waals surface area contributed by atoms with Crippen LogP contribution >= 0.6 is 23.6 Å². The third-order valence-corrected chi connectivity index (χ3v) is 5.98. The van der Waals surface area contributed by atoms with Gasteiger partial charge in [-0.2, -0.15) is 0 Å². The van der Waals surface area contributed by atoms with Crippen LogP contribution in [0, 0.1) is 13.8 Å². The molecule has 2 aromatic rings. The van der Waals surface area contributed by atoms with Gasteiger partial charge < -0.3 is 10.6 Å². The van der Waals surface area contributed by atoms with Crippen LogP contribution in [0.1, 0.15) is 34.9 Å². The molecule has 0 unspecified atom stereocenters. The molecule has 3 nitrogen and oxygen atoms in total. The first-order chi connectivity index (χ1) is 11.6. The molecule has 2 heterocycles. The van der Waals surface area contributed by atoms with E-state index in [9.17, 15) is 0 Å². The molecule has 5 heteroatoms. The monoisotopic (exact) mass is 359 g/mol. The quantitative estimate of drug-likeness (QED) is 0.769. The summed E-state index contributed by atoms with van der Waals surface area (Å²) in [6.45, 7) is 7.45. The molecule has 3 rings (SSSR count). The molecule has 1 saturated heterocycles. The zero-order valence-corrected chi connectivity index (χ0v) is 16.0. The van der Waals surface area contributed by atoms with Crippen LogP contribution in [0.4, 0.5) is 5.69 Å². The van der Waals surface area contributed by atoms with Crippen LogP contribution in [0.3, 0.4) is 0 Å². The molecule has 0 radical (unpaired) electrons. The van der Waals surface area contributed by atoms with E-state index >= 15 is 0 Å². The third kappa shape index (κ3) is 4.15. The van der Waals surface area contributed by atoms with Crippen LogP contribution in [-0.2, 0) is 0 Å². The highest BCUT2D eigenvalue weighted by Crippen LogP contribution is 2.28. The number of nitrogens with zero attached hydrogens (tertiary/aromatic N) is 1. The molecule has 0 bridgehead atoms. The molecule has 1 aliphatic heterocycles. The van der Waals surface area contributed by atoms with Crippen molar-refractivity contribution < 1.29 is 0 Å². The summed E-state index contributed by atoms with van der Waals surface area (Å²) in [5.41, 5.74) is 3.61. The van der Waals surface area contributed by atoms with Crippen molar-refractivity contribution in [3.05, 3.63) is 51.7 Å². The number of benzene rings is 1. The van der Waals surface area contributed by atoms with Crippen LogP contribution in [0.5, 0.6) is 0 Å². The lowest BCUT2D eigenvalue weighted by Gasteiger charge is -2.27. The number of thiophene rings is 1. The van der Waals surface area contributed by atoms with E-state index in [-0.39, 0.29) is 0 Å². The number of hydrogen-bond donors (Lipinski definition) is 2. The molecular weight excluding hydrogens is 334 g/mol. The molecule has 1 aromatic carbocycles. The fourth-order valence-electron chi connectivity index (χ4n) is 3.19. The van der Waals surface area contributed by atoms with Crippen LogP contribution in [0.15, 0.2) is 35.7 Å². The lowest BCUT2D eigenvalue weighted by molar-refractivity contribution is 0.249. The molecule has 0 spiro atoms. The highest BCUT2D eigenvalue weighted by Gasteiger charge is 2.24. The van der Waals surface area contributed by atoms with Crippen molar-refractivity contribution in [1.82, 2.24) is 10.2 Å². The van der Waals surface area contributed by atoms with Gasteiger partial charge in [-0.05, 0) is 80.6 Å². The van der Waals surface area contributed by atoms with Crippen molar-refractivity contribution in [3.8, 4) is 0 Å². The smallest absolute Gasteiger partial charge is 0.170 e. The number of anilines is 1. The number of rotatable bonds is 5. The Labute approximate surface area is 154 Å². The minimum absolute atomic E-state index is 0.408. The Hall–Kier alpha value is -1.43. The van der Waals surface area contributed by atoms with Crippen LogP contribution in [0.2, 0.25) is 0 Å². The van der Waals surface area contributed by atoms with Crippen molar-refractivity contribution >= 4 is 34.4 Å². The molecule has 0 amide bonds. The molecule has 24 heavy (non-hydrogen) atoms. The minimum Gasteiger partial charge on any atom is -0.360 e. The van der Waals surface area contributed by atoms with Crippen molar-refractivity contribution in [2.45, 2.75) is 32.7 Å². The van der Waals surface area contributed by atoms with Gasteiger partial charge in [-0.15, -0.1) is 11.3 Å². The first-order valence-electron chi connectivity index (χ1n) is 8.53. The first kappa shape index (κ1) is 17.4. The normalized spacial score (nSPS) is 16.1. The maximum absolute atomic E-state index is 5.52. The summed E-state index contributed by atoms with van der Waals surface area (Å²) in [5, 5.41) is 9.63. The van der Waals surface area contributed by atoms with E-state index in [0.717, 1.165) is 12.2 Å². The van der Waals surface area contributed by atoms with Gasteiger partial charge in [-0.3, -0.25) is 4.90 Å². The summed E-state index contributed by atoms with van der Waals surface area (Å²) in [6, 6.07) is 11.0. The van der Waals surface area contributed by atoms with Crippen molar-refractivity contribution in [2.24, 2.45) is 0 Å². The molecule has 0 saturated carbocycles. The van der Waals surface area contributed by atoms with Gasteiger partial charge in [0, 0.05) is 17.1 Å². The van der Waals surface area contributed by atoms with Gasteiger partial charge in [0.2, 0.25) is 0 Å². The van der Waals surface area contributed by atoms with E-state index in [4.69, 9.17) is 12.2 Å². The zero-order valence-electron chi connectivity index (χ0n) is 14.3. The minimum atomic E-state index is 0.408. The standard InChI is InChI=1S/C19H25N3S2/c1-14-7-5-8-16(15(14)2)21-19(23)20-13-17(18-9-6-12-24-18)22-10-3-4-11-22/h5-9,12,17H,3-4,10-11,13H2,1-2H3,(H2,20,21,23)/t17-/m0/s1. The van der Waals surface area contributed by atoms with Crippen molar-refractivity contribution in [2.75, 3.05) is 25.0 Å². The average molecular weight is 360 g/mol. The molecular formula is C19H25N3S2. The number of nitrogens with one attached hydrogen (secondary N) is 2. The predicted molar refractivity (Wildman–Crippen MR) is 108 cm³/mol. The maximum atomic E-state index is 5.52. The van der Waals surface area contributed by atoms with Gasteiger partial charge in [-0.25, -0.2) is 0 Å². The Kier molecular flexibility index (Phi) is 5.87. The van der Waals surface area contributed by atoms with Crippen LogP contribution in [-0.4, -0.2) is 29.6 Å². The van der Waals surface area contributed by atoms with E-state index in [1.807, 2.05) is 11.3 Å².